The second-order valence-corrected chi connectivity index (χ2v) is 3.93. The summed E-state index contributed by atoms with van der Waals surface area (Å²) in [6.07, 6.45) is 7.25. The van der Waals surface area contributed by atoms with Gasteiger partial charge in [0.1, 0.15) is 0 Å². The molecule has 0 aromatic heterocycles. The van der Waals surface area contributed by atoms with Crippen molar-refractivity contribution < 1.29 is 4.79 Å². The predicted molar refractivity (Wildman–Crippen MR) is 61.2 cm³/mol. The Morgan fingerprint density at radius 2 is 1.86 bits per heavy atom. The van der Waals surface area contributed by atoms with Crippen LogP contribution in [0, 0.1) is 5.41 Å². The van der Waals surface area contributed by atoms with Gasteiger partial charge in [0.05, 0.1) is 0 Å². The summed E-state index contributed by atoms with van der Waals surface area (Å²) in [4.78, 5) is 10.3. The van der Waals surface area contributed by atoms with E-state index in [0.29, 0.717) is 11.5 Å². The lowest BCUT2D eigenvalue weighted by atomic mass is 9.77. The van der Waals surface area contributed by atoms with Crippen molar-refractivity contribution in [1.82, 2.24) is 5.32 Å². The van der Waals surface area contributed by atoms with Crippen LogP contribution in [0.5, 0.6) is 0 Å². The highest BCUT2D eigenvalue weighted by atomic mass is 16.1. The number of nitrogens with one attached hydrogen (secondary N) is 1. The summed E-state index contributed by atoms with van der Waals surface area (Å²) in [5.74, 6) is 0. The van der Waals surface area contributed by atoms with Gasteiger partial charge in [0.15, 0.2) is 0 Å². The molecule has 1 rings (SSSR count). The molecule has 0 aromatic carbocycles. The summed E-state index contributed by atoms with van der Waals surface area (Å²) in [5, 5.41) is 2.90. The first-order valence-corrected chi connectivity index (χ1v) is 5.95. The Labute approximate surface area is 88.5 Å². The number of carbonyl (C=O) groups is 1. The first kappa shape index (κ1) is 13.5. The monoisotopic (exact) mass is 199 g/mol. The molecule has 84 valence electrons. The highest BCUT2D eigenvalue weighted by Gasteiger charge is 2.36. The van der Waals surface area contributed by atoms with Crippen molar-refractivity contribution in [3.05, 3.63) is 0 Å². The van der Waals surface area contributed by atoms with Crippen molar-refractivity contribution in [2.75, 3.05) is 0 Å². The third-order valence-corrected chi connectivity index (χ3v) is 3.54. The van der Waals surface area contributed by atoms with Crippen LogP contribution in [0.25, 0.3) is 0 Å². The fourth-order valence-electron chi connectivity index (χ4n) is 2.45. The van der Waals surface area contributed by atoms with Crippen LogP contribution < -0.4 is 5.32 Å². The van der Waals surface area contributed by atoms with E-state index < -0.39 is 0 Å². The van der Waals surface area contributed by atoms with Gasteiger partial charge in [0, 0.05) is 6.04 Å². The molecule has 14 heavy (non-hydrogen) atoms. The molecule has 1 saturated carbocycles. The van der Waals surface area contributed by atoms with Crippen LogP contribution in [0.15, 0.2) is 0 Å². The van der Waals surface area contributed by atoms with Crippen LogP contribution >= 0.6 is 0 Å². The smallest absolute Gasteiger partial charge is 0.207 e. The summed E-state index contributed by atoms with van der Waals surface area (Å²) < 4.78 is 0. The van der Waals surface area contributed by atoms with Crippen LogP contribution in [0.3, 0.4) is 0 Å². The topological polar surface area (TPSA) is 29.1 Å². The van der Waals surface area contributed by atoms with Crippen molar-refractivity contribution in [3.8, 4) is 0 Å². The molecule has 1 N–H and O–H groups in total. The van der Waals surface area contributed by atoms with Gasteiger partial charge in [-0.25, -0.2) is 0 Å². The van der Waals surface area contributed by atoms with Crippen molar-refractivity contribution in [2.45, 2.75) is 65.8 Å². The van der Waals surface area contributed by atoms with E-state index in [4.69, 9.17) is 0 Å². The van der Waals surface area contributed by atoms with Gasteiger partial charge in [-0.2, -0.15) is 0 Å². The van der Waals surface area contributed by atoms with E-state index in [2.05, 4.69) is 19.2 Å². The Hall–Kier alpha value is -0.530. The van der Waals surface area contributed by atoms with Gasteiger partial charge in [0.2, 0.25) is 6.41 Å². The van der Waals surface area contributed by atoms with Crippen molar-refractivity contribution >= 4 is 6.41 Å². The predicted octanol–water partition coefficient (Wildman–Crippen LogP) is 3.12. The van der Waals surface area contributed by atoms with Crippen LogP contribution in [-0.4, -0.2) is 12.5 Å². The highest BCUT2D eigenvalue weighted by Crippen LogP contribution is 2.43. The maximum atomic E-state index is 10.3. The van der Waals surface area contributed by atoms with E-state index in [1.807, 2.05) is 13.8 Å². The molecule has 0 spiro atoms. The van der Waals surface area contributed by atoms with E-state index in [0.717, 1.165) is 6.41 Å². The molecule has 0 radical (unpaired) electrons. The fraction of sp³-hybridized carbons (Fsp3) is 0.917. The first-order chi connectivity index (χ1) is 6.75. The molecule has 0 bridgehead atoms. The molecule has 0 heterocycles. The fourth-order valence-corrected chi connectivity index (χ4v) is 2.45. The maximum Gasteiger partial charge on any atom is 0.207 e. The zero-order valence-corrected chi connectivity index (χ0v) is 10.1. The lowest BCUT2D eigenvalue weighted by Crippen LogP contribution is -2.40. The normalized spacial score (nSPS) is 20.6. The molecule has 0 saturated heterocycles. The summed E-state index contributed by atoms with van der Waals surface area (Å²) in [6, 6.07) is 0.350. The zero-order valence-electron chi connectivity index (χ0n) is 10.1. The number of rotatable bonds is 4. The lowest BCUT2D eigenvalue weighted by Gasteiger charge is -2.34. The molecule has 1 atom stereocenters. The average Bonchev–Trinajstić information content (AvgIpc) is 2.71. The molecular weight excluding hydrogens is 174 g/mol. The molecule has 1 amide bonds. The van der Waals surface area contributed by atoms with Crippen LogP contribution in [0.2, 0.25) is 0 Å². The number of hydrogen-bond donors (Lipinski definition) is 1. The lowest BCUT2D eigenvalue weighted by molar-refractivity contribution is -0.110. The maximum absolute atomic E-state index is 10.3. The van der Waals surface area contributed by atoms with Gasteiger partial charge >= 0.3 is 0 Å². The summed E-state index contributed by atoms with van der Waals surface area (Å²) in [5.41, 5.74) is 0.404. The van der Waals surface area contributed by atoms with Gasteiger partial charge in [-0.3, -0.25) is 4.79 Å². The van der Waals surface area contributed by atoms with E-state index in [9.17, 15) is 4.79 Å². The molecule has 1 aliphatic carbocycles. The summed E-state index contributed by atoms with van der Waals surface area (Å²) in [7, 11) is 0. The number of carbonyl (C=O) groups excluding carboxylic acids is 1. The molecule has 1 aliphatic rings. The third-order valence-electron chi connectivity index (χ3n) is 3.54. The quantitative estimate of drug-likeness (QED) is 0.692. The molecule has 1 fully saturated rings. The van der Waals surface area contributed by atoms with Crippen molar-refractivity contribution in [1.29, 1.82) is 0 Å². The van der Waals surface area contributed by atoms with Crippen LogP contribution in [0.4, 0.5) is 0 Å². The van der Waals surface area contributed by atoms with E-state index >= 15 is 0 Å². The van der Waals surface area contributed by atoms with Gasteiger partial charge in [-0.05, 0) is 31.6 Å². The Kier molecular flexibility index (Phi) is 6.60. The Bertz CT molecular complexity index is 150. The molecule has 1 unspecified atom stereocenters. The highest BCUT2D eigenvalue weighted by molar-refractivity contribution is 5.46. The van der Waals surface area contributed by atoms with E-state index in [1.54, 1.807) is 0 Å². The Morgan fingerprint density at radius 3 is 2.21 bits per heavy atom. The van der Waals surface area contributed by atoms with Gasteiger partial charge in [0.25, 0.3) is 0 Å². The zero-order chi connectivity index (χ0) is 11.0. The average molecular weight is 199 g/mol. The van der Waals surface area contributed by atoms with Crippen molar-refractivity contribution in [3.63, 3.8) is 0 Å². The SMILES string of the molecule is CC.CCC1(C(C)NC=O)CCCC1. The third kappa shape index (κ3) is 3.00. The Morgan fingerprint density at radius 1 is 1.36 bits per heavy atom. The first-order valence-electron chi connectivity index (χ1n) is 5.95. The van der Waals surface area contributed by atoms with Gasteiger partial charge in [-0.15, -0.1) is 0 Å². The molecule has 2 heteroatoms. The van der Waals surface area contributed by atoms with Gasteiger partial charge in [-0.1, -0.05) is 33.6 Å². The Balaban J connectivity index is 0.000000791. The van der Waals surface area contributed by atoms with Crippen LogP contribution in [0.1, 0.15) is 59.8 Å². The minimum absolute atomic E-state index is 0.350. The van der Waals surface area contributed by atoms with E-state index in [-0.39, 0.29) is 0 Å². The van der Waals surface area contributed by atoms with Crippen molar-refractivity contribution in [2.24, 2.45) is 5.41 Å². The molecular formula is C12H25NO. The van der Waals surface area contributed by atoms with Gasteiger partial charge < -0.3 is 5.32 Å². The second-order valence-electron chi connectivity index (χ2n) is 3.93. The molecule has 2 nitrogen and oxygen atoms in total. The summed E-state index contributed by atoms with van der Waals surface area (Å²) in [6.45, 7) is 8.36. The molecule has 0 aromatic rings. The minimum Gasteiger partial charge on any atom is -0.356 e. The molecule has 0 aliphatic heterocycles. The second kappa shape index (κ2) is 6.86. The number of amides is 1. The largest absolute Gasteiger partial charge is 0.356 e. The summed E-state index contributed by atoms with van der Waals surface area (Å²) >= 11 is 0. The standard InChI is InChI=1S/C10H19NO.C2H6/c1-3-10(6-4-5-7-10)9(2)11-8-12;1-2/h8-9H,3-7H2,1-2H3,(H,11,12);1-2H3. The minimum atomic E-state index is 0.350. The van der Waals surface area contributed by atoms with Crippen LogP contribution in [-0.2, 0) is 4.79 Å². The number of hydrogen-bond acceptors (Lipinski definition) is 1. The van der Waals surface area contributed by atoms with E-state index in [1.165, 1.54) is 32.1 Å².